The monoisotopic (exact) mass is 258 g/mol. The lowest BCUT2D eigenvalue weighted by Gasteiger charge is -2.20. The third kappa shape index (κ3) is 8.51. The van der Waals surface area contributed by atoms with Gasteiger partial charge in [0.1, 0.15) is 0 Å². The van der Waals surface area contributed by atoms with E-state index in [0.717, 1.165) is 19.3 Å². The Kier molecular flexibility index (Phi) is 11.2. The summed E-state index contributed by atoms with van der Waals surface area (Å²) in [4.78, 5) is 11.7. The summed E-state index contributed by atoms with van der Waals surface area (Å²) >= 11 is 0. The zero-order valence-electron chi connectivity index (χ0n) is 12.5. The van der Waals surface area contributed by atoms with Gasteiger partial charge in [-0.05, 0) is 26.7 Å². The topological polar surface area (TPSA) is 35.5 Å². The van der Waals surface area contributed by atoms with Crippen molar-refractivity contribution in [3.05, 3.63) is 0 Å². The molecule has 108 valence electrons. The number of rotatable bonds is 11. The molecule has 0 aliphatic heterocycles. The number of hydrogen-bond donors (Lipinski definition) is 0. The summed E-state index contributed by atoms with van der Waals surface area (Å²) in [5.41, 5.74) is 0. The molecule has 3 nitrogen and oxygen atoms in total. The molecule has 0 aliphatic rings. The number of carbonyl (C=O) groups excluding carboxylic acids is 1. The summed E-state index contributed by atoms with van der Waals surface area (Å²) in [5, 5.41) is 0. The highest BCUT2D eigenvalue weighted by Crippen LogP contribution is 2.13. The predicted octanol–water partition coefficient (Wildman–Crippen LogP) is 4.09. The van der Waals surface area contributed by atoms with Gasteiger partial charge in [0, 0.05) is 0 Å². The van der Waals surface area contributed by atoms with Crippen molar-refractivity contribution in [3.63, 3.8) is 0 Å². The molecule has 0 N–H and O–H groups in total. The Morgan fingerprint density at radius 3 is 2.28 bits per heavy atom. The summed E-state index contributed by atoms with van der Waals surface area (Å²) in [6.07, 6.45) is 7.43. The second kappa shape index (κ2) is 11.5. The Morgan fingerprint density at radius 2 is 1.72 bits per heavy atom. The van der Waals surface area contributed by atoms with E-state index in [9.17, 15) is 4.79 Å². The molecule has 0 saturated heterocycles. The van der Waals surface area contributed by atoms with E-state index in [2.05, 4.69) is 13.8 Å². The van der Waals surface area contributed by atoms with Crippen LogP contribution in [-0.4, -0.2) is 24.8 Å². The standard InChI is InChI=1S/C15H30O3/c1-5-8-9-10-12-13(4)18-14(11-6-2)15(16)17-7-3/h13-14H,5-12H2,1-4H3. The number of hydrogen-bond acceptors (Lipinski definition) is 3. The molecule has 2 atom stereocenters. The molecule has 0 aromatic carbocycles. The summed E-state index contributed by atoms with van der Waals surface area (Å²) < 4.78 is 10.8. The van der Waals surface area contributed by atoms with E-state index in [1.165, 1.54) is 25.7 Å². The molecule has 18 heavy (non-hydrogen) atoms. The van der Waals surface area contributed by atoms with E-state index in [4.69, 9.17) is 9.47 Å². The van der Waals surface area contributed by atoms with E-state index < -0.39 is 0 Å². The zero-order chi connectivity index (χ0) is 13.8. The molecular weight excluding hydrogens is 228 g/mol. The van der Waals surface area contributed by atoms with Gasteiger partial charge in [0.05, 0.1) is 12.7 Å². The lowest BCUT2D eigenvalue weighted by Crippen LogP contribution is -2.30. The van der Waals surface area contributed by atoms with E-state index >= 15 is 0 Å². The highest BCUT2D eigenvalue weighted by atomic mass is 16.6. The predicted molar refractivity (Wildman–Crippen MR) is 74.6 cm³/mol. The fourth-order valence-corrected chi connectivity index (χ4v) is 1.95. The quantitative estimate of drug-likeness (QED) is 0.413. The molecule has 0 fully saturated rings. The molecule has 0 amide bonds. The lowest BCUT2D eigenvalue weighted by atomic mass is 10.1. The van der Waals surface area contributed by atoms with Gasteiger partial charge in [-0.2, -0.15) is 0 Å². The molecule has 0 bridgehead atoms. The maximum absolute atomic E-state index is 11.7. The van der Waals surface area contributed by atoms with Gasteiger partial charge in [0.15, 0.2) is 6.10 Å². The number of carbonyl (C=O) groups is 1. The van der Waals surface area contributed by atoms with Gasteiger partial charge in [0.2, 0.25) is 0 Å². The summed E-state index contributed by atoms with van der Waals surface area (Å²) in [6.45, 7) is 8.57. The van der Waals surface area contributed by atoms with Crippen molar-refractivity contribution in [2.45, 2.75) is 84.8 Å². The van der Waals surface area contributed by atoms with E-state index in [1.807, 2.05) is 13.8 Å². The van der Waals surface area contributed by atoms with Crippen LogP contribution in [0.5, 0.6) is 0 Å². The van der Waals surface area contributed by atoms with Crippen molar-refractivity contribution in [1.29, 1.82) is 0 Å². The van der Waals surface area contributed by atoms with Crippen LogP contribution in [0.2, 0.25) is 0 Å². The number of unbranched alkanes of at least 4 members (excludes halogenated alkanes) is 3. The molecule has 0 aromatic rings. The molecule has 0 aromatic heterocycles. The average molecular weight is 258 g/mol. The molecule has 0 heterocycles. The first-order valence-corrected chi connectivity index (χ1v) is 7.47. The van der Waals surface area contributed by atoms with Gasteiger partial charge in [-0.15, -0.1) is 0 Å². The van der Waals surface area contributed by atoms with Crippen LogP contribution in [0.1, 0.15) is 72.6 Å². The second-order valence-corrected chi connectivity index (χ2v) is 4.83. The van der Waals surface area contributed by atoms with Crippen LogP contribution < -0.4 is 0 Å². The summed E-state index contributed by atoms with van der Waals surface area (Å²) in [6, 6.07) is 0. The molecule has 0 spiro atoms. The molecule has 0 rings (SSSR count). The third-order valence-electron chi connectivity index (χ3n) is 2.96. The van der Waals surface area contributed by atoms with Gasteiger partial charge in [-0.25, -0.2) is 4.79 Å². The van der Waals surface area contributed by atoms with Crippen molar-refractivity contribution in [2.24, 2.45) is 0 Å². The first-order chi connectivity index (χ1) is 8.65. The highest BCUT2D eigenvalue weighted by Gasteiger charge is 2.21. The van der Waals surface area contributed by atoms with Crippen molar-refractivity contribution in [3.8, 4) is 0 Å². The first-order valence-electron chi connectivity index (χ1n) is 7.47. The zero-order valence-corrected chi connectivity index (χ0v) is 12.5. The van der Waals surface area contributed by atoms with E-state index in [0.29, 0.717) is 6.61 Å². The van der Waals surface area contributed by atoms with Crippen LogP contribution in [0, 0.1) is 0 Å². The van der Waals surface area contributed by atoms with Crippen LogP contribution in [0.4, 0.5) is 0 Å². The third-order valence-corrected chi connectivity index (χ3v) is 2.96. The molecule has 0 radical (unpaired) electrons. The Morgan fingerprint density at radius 1 is 1.00 bits per heavy atom. The second-order valence-electron chi connectivity index (χ2n) is 4.83. The van der Waals surface area contributed by atoms with Gasteiger partial charge in [0.25, 0.3) is 0 Å². The largest absolute Gasteiger partial charge is 0.464 e. The molecule has 3 heteroatoms. The number of esters is 1. The fraction of sp³-hybridized carbons (Fsp3) is 0.933. The molecule has 2 unspecified atom stereocenters. The fourth-order valence-electron chi connectivity index (χ4n) is 1.95. The van der Waals surface area contributed by atoms with Gasteiger partial charge >= 0.3 is 5.97 Å². The van der Waals surface area contributed by atoms with E-state index in [1.54, 1.807) is 0 Å². The minimum Gasteiger partial charge on any atom is -0.464 e. The highest BCUT2D eigenvalue weighted by molar-refractivity contribution is 5.74. The van der Waals surface area contributed by atoms with Crippen molar-refractivity contribution < 1.29 is 14.3 Å². The minimum absolute atomic E-state index is 0.141. The molecule has 0 aliphatic carbocycles. The van der Waals surface area contributed by atoms with Crippen molar-refractivity contribution in [1.82, 2.24) is 0 Å². The maximum atomic E-state index is 11.7. The summed E-state index contributed by atoms with van der Waals surface area (Å²) in [7, 11) is 0. The smallest absolute Gasteiger partial charge is 0.335 e. The van der Waals surface area contributed by atoms with Gasteiger partial charge in [-0.1, -0.05) is 46.0 Å². The van der Waals surface area contributed by atoms with Crippen LogP contribution in [-0.2, 0) is 14.3 Å². The Hall–Kier alpha value is -0.570. The molecule has 0 saturated carbocycles. The number of ether oxygens (including phenoxy) is 2. The maximum Gasteiger partial charge on any atom is 0.335 e. The van der Waals surface area contributed by atoms with Gasteiger partial charge in [-0.3, -0.25) is 0 Å². The Balaban J connectivity index is 3.94. The van der Waals surface area contributed by atoms with Crippen molar-refractivity contribution in [2.75, 3.05) is 6.61 Å². The van der Waals surface area contributed by atoms with Crippen LogP contribution >= 0.6 is 0 Å². The van der Waals surface area contributed by atoms with Crippen LogP contribution in [0.3, 0.4) is 0 Å². The van der Waals surface area contributed by atoms with Crippen LogP contribution in [0.15, 0.2) is 0 Å². The normalized spacial score (nSPS) is 14.2. The van der Waals surface area contributed by atoms with E-state index in [-0.39, 0.29) is 18.2 Å². The Bertz CT molecular complexity index is 204. The lowest BCUT2D eigenvalue weighted by molar-refractivity contribution is -0.160. The van der Waals surface area contributed by atoms with Crippen LogP contribution in [0.25, 0.3) is 0 Å². The van der Waals surface area contributed by atoms with Gasteiger partial charge < -0.3 is 9.47 Å². The first kappa shape index (κ1) is 17.4. The average Bonchev–Trinajstić information content (AvgIpc) is 2.34. The Labute approximate surface area is 112 Å². The molecular formula is C15H30O3. The summed E-state index contributed by atoms with van der Waals surface area (Å²) in [5.74, 6) is -0.209. The minimum atomic E-state index is -0.379. The SMILES string of the molecule is CCCCCCC(C)OC(CCC)C(=O)OCC. The van der Waals surface area contributed by atoms with Crippen molar-refractivity contribution >= 4 is 5.97 Å².